The van der Waals surface area contributed by atoms with E-state index < -0.39 is 17.3 Å². The first-order valence-corrected chi connectivity index (χ1v) is 7.49. The summed E-state index contributed by atoms with van der Waals surface area (Å²) in [6, 6.07) is 11.0. The summed E-state index contributed by atoms with van der Waals surface area (Å²) in [4.78, 5) is 12.4. The summed E-state index contributed by atoms with van der Waals surface area (Å²) in [5.41, 5.74) is 6.85. The Bertz CT molecular complexity index is 764. The number of hydrogen-bond donors (Lipinski definition) is 2. The summed E-state index contributed by atoms with van der Waals surface area (Å²) in [6.07, 6.45) is 0.573. The first-order chi connectivity index (χ1) is 10.9. The van der Waals surface area contributed by atoms with Crippen molar-refractivity contribution < 1.29 is 13.9 Å². The quantitative estimate of drug-likeness (QED) is 0.808. The molecule has 3 rings (SSSR count). The molecule has 0 saturated carbocycles. The second-order valence-corrected chi connectivity index (χ2v) is 6.37. The maximum atomic E-state index is 13.8. The summed E-state index contributed by atoms with van der Waals surface area (Å²) in [5.74, 6) is -0.294. The SMILES string of the molecule is CC1(C)CC(NC(=O)c2ccccc2F)c2cc(N)ccc2O1.Cl. The van der Waals surface area contributed by atoms with Gasteiger partial charge in [-0.3, -0.25) is 4.79 Å². The van der Waals surface area contributed by atoms with Crippen LogP contribution in [0.1, 0.15) is 42.2 Å². The van der Waals surface area contributed by atoms with Crippen LogP contribution in [0, 0.1) is 5.82 Å². The van der Waals surface area contributed by atoms with Crippen LogP contribution in [-0.2, 0) is 0 Å². The van der Waals surface area contributed by atoms with E-state index in [4.69, 9.17) is 10.5 Å². The third-order valence-electron chi connectivity index (χ3n) is 3.92. The number of carbonyl (C=O) groups is 1. The van der Waals surface area contributed by atoms with Gasteiger partial charge in [0.05, 0.1) is 11.6 Å². The molecule has 0 aliphatic carbocycles. The highest BCUT2D eigenvalue weighted by Gasteiger charge is 2.35. The highest BCUT2D eigenvalue weighted by molar-refractivity contribution is 5.94. The van der Waals surface area contributed by atoms with Crippen LogP contribution in [0.3, 0.4) is 0 Å². The first kappa shape index (κ1) is 18.1. The number of fused-ring (bicyclic) bond motifs is 1. The third-order valence-corrected chi connectivity index (χ3v) is 3.92. The van der Waals surface area contributed by atoms with Gasteiger partial charge in [-0.1, -0.05) is 12.1 Å². The number of halogens is 2. The Morgan fingerprint density at radius 1 is 1.29 bits per heavy atom. The van der Waals surface area contributed by atoms with Crippen LogP contribution in [0.5, 0.6) is 5.75 Å². The Hall–Kier alpha value is -2.27. The highest BCUT2D eigenvalue weighted by Crippen LogP contribution is 2.40. The van der Waals surface area contributed by atoms with E-state index in [2.05, 4.69) is 5.32 Å². The maximum absolute atomic E-state index is 13.8. The normalized spacial score (nSPS) is 17.9. The Balaban J connectivity index is 0.00000208. The van der Waals surface area contributed by atoms with E-state index in [0.717, 1.165) is 5.56 Å². The first-order valence-electron chi connectivity index (χ1n) is 7.49. The van der Waals surface area contributed by atoms with E-state index in [-0.39, 0.29) is 24.0 Å². The standard InChI is InChI=1S/C18H19FN2O2.ClH/c1-18(2)10-15(13-9-11(20)7-8-16(13)23-18)21-17(22)12-5-3-4-6-14(12)19;/h3-9,15H,10,20H2,1-2H3,(H,21,22);1H. The summed E-state index contributed by atoms with van der Waals surface area (Å²) in [6.45, 7) is 3.91. The lowest BCUT2D eigenvalue weighted by atomic mass is 9.89. The molecule has 1 aliphatic rings. The zero-order valence-corrected chi connectivity index (χ0v) is 14.3. The van der Waals surface area contributed by atoms with Crippen molar-refractivity contribution >= 4 is 24.0 Å². The molecule has 2 aromatic carbocycles. The number of amides is 1. The predicted molar refractivity (Wildman–Crippen MR) is 94.0 cm³/mol. The minimum absolute atomic E-state index is 0. The van der Waals surface area contributed by atoms with E-state index in [1.54, 1.807) is 30.3 Å². The molecule has 1 amide bonds. The molecule has 4 nitrogen and oxygen atoms in total. The molecule has 24 heavy (non-hydrogen) atoms. The Morgan fingerprint density at radius 3 is 2.71 bits per heavy atom. The number of nitrogens with two attached hydrogens (primary N) is 1. The van der Waals surface area contributed by atoms with Crippen molar-refractivity contribution in [3.8, 4) is 5.75 Å². The fourth-order valence-electron chi connectivity index (χ4n) is 2.88. The zero-order valence-electron chi connectivity index (χ0n) is 13.5. The van der Waals surface area contributed by atoms with E-state index in [9.17, 15) is 9.18 Å². The van der Waals surface area contributed by atoms with E-state index >= 15 is 0 Å². The van der Waals surface area contributed by atoms with Gasteiger partial charge in [0.2, 0.25) is 0 Å². The van der Waals surface area contributed by atoms with E-state index in [0.29, 0.717) is 17.9 Å². The largest absolute Gasteiger partial charge is 0.487 e. The van der Waals surface area contributed by atoms with Crippen LogP contribution in [0.2, 0.25) is 0 Å². The number of benzene rings is 2. The van der Waals surface area contributed by atoms with E-state index in [1.807, 2.05) is 13.8 Å². The molecule has 0 saturated heterocycles. The van der Waals surface area contributed by atoms with Crippen LogP contribution in [0.15, 0.2) is 42.5 Å². The van der Waals surface area contributed by atoms with Crippen molar-refractivity contribution in [2.24, 2.45) is 0 Å². The molecule has 0 bridgehead atoms. The second kappa shape index (κ2) is 6.69. The molecule has 128 valence electrons. The number of rotatable bonds is 2. The van der Waals surface area contributed by atoms with Gasteiger partial charge in [-0.05, 0) is 44.2 Å². The van der Waals surface area contributed by atoms with Crippen molar-refractivity contribution in [1.29, 1.82) is 0 Å². The van der Waals surface area contributed by atoms with Crippen molar-refractivity contribution in [3.63, 3.8) is 0 Å². The number of carbonyl (C=O) groups excluding carboxylic acids is 1. The molecular formula is C18H20ClFN2O2. The van der Waals surface area contributed by atoms with Gasteiger partial charge in [-0.15, -0.1) is 12.4 Å². The monoisotopic (exact) mass is 350 g/mol. The molecule has 0 spiro atoms. The summed E-state index contributed by atoms with van der Waals surface area (Å²) >= 11 is 0. The zero-order chi connectivity index (χ0) is 16.6. The predicted octanol–water partition coefficient (Wildman–Crippen LogP) is 3.86. The topological polar surface area (TPSA) is 64.4 Å². The van der Waals surface area contributed by atoms with Gasteiger partial charge in [-0.25, -0.2) is 4.39 Å². The molecular weight excluding hydrogens is 331 g/mol. The number of ether oxygens (including phenoxy) is 1. The minimum Gasteiger partial charge on any atom is -0.487 e. The van der Waals surface area contributed by atoms with Crippen molar-refractivity contribution in [2.75, 3.05) is 5.73 Å². The minimum atomic E-state index is -0.538. The van der Waals surface area contributed by atoms with Crippen LogP contribution in [-0.4, -0.2) is 11.5 Å². The lowest BCUT2D eigenvalue weighted by molar-refractivity contribution is 0.0619. The summed E-state index contributed by atoms with van der Waals surface area (Å²) < 4.78 is 19.7. The van der Waals surface area contributed by atoms with E-state index in [1.165, 1.54) is 12.1 Å². The average Bonchev–Trinajstić information content (AvgIpc) is 2.47. The number of hydrogen-bond acceptors (Lipinski definition) is 3. The lowest BCUT2D eigenvalue weighted by Gasteiger charge is -2.38. The number of nitrogens with one attached hydrogen (secondary N) is 1. The third kappa shape index (κ3) is 3.62. The fourth-order valence-corrected chi connectivity index (χ4v) is 2.88. The van der Waals surface area contributed by atoms with Crippen LogP contribution in [0.25, 0.3) is 0 Å². The molecule has 1 atom stereocenters. The summed E-state index contributed by atoms with van der Waals surface area (Å²) in [7, 11) is 0. The molecule has 3 N–H and O–H groups in total. The van der Waals surface area contributed by atoms with Gasteiger partial charge in [0.25, 0.3) is 5.91 Å². The lowest BCUT2D eigenvalue weighted by Crippen LogP contribution is -2.41. The van der Waals surface area contributed by atoms with Crippen LogP contribution >= 0.6 is 12.4 Å². The van der Waals surface area contributed by atoms with Gasteiger partial charge in [-0.2, -0.15) is 0 Å². The van der Waals surface area contributed by atoms with Crippen molar-refractivity contribution in [3.05, 3.63) is 59.4 Å². The van der Waals surface area contributed by atoms with Gasteiger partial charge < -0.3 is 15.8 Å². The van der Waals surface area contributed by atoms with Gasteiger partial charge >= 0.3 is 0 Å². The average molecular weight is 351 g/mol. The van der Waals surface area contributed by atoms with Crippen LogP contribution < -0.4 is 15.8 Å². The maximum Gasteiger partial charge on any atom is 0.254 e. The fraction of sp³-hybridized carbons (Fsp3) is 0.278. The smallest absolute Gasteiger partial charge is 0.254 e. The molecule has 6 heteroatoms. The Morgan fingerprint density at radius 2 is 2.00 bits per heavy atom. The molecule has 0 aromatic heterocycles. The molecule has 0 radical (unpaired) electrons. The van der Waals surface area contributed by atoms with Crippen molar-refractivity contribution in [1.82, 2.24) is 5.32 Å². The summed E-state index contributed by atoms with van der Waals surface area (Å²) in [5, 5.41) is 2.90. The van der Waals surface area contributed by atoms with Gasteiger partial charge in [0.1, 0.15) is 17.2 Å². The highest BCUT2D eigenvalue weighted by atomic mass is 35.5. The Kier molecular flexibility index (Phi) is 5.04. The Labute approximate surface area is 146 Å². The molecule has 1 heterocycles. The number of nitrogen functional groups attached to an aromatic ring is 1. The van der Waals surface area contributed by atoms with Gasteiger partial charge in [0, 0.05) is 17.7 Å². The van der Waals surface area contributed by atoms with Crippen LogP contribution in [0.4, 0.5) is 10.1 Å². The molecule has 1 aliphatic heterocycles. The number of anilines is 1. The second-order valence-electron chi connectivity index (χ2n) is 6.37. The van der Waals surface area contributed by atoms with Crippen molar-refractivity contribution in [2.45, 2.75) is 31.9 Å². The van der Waals surface area contributed by atoms with Gasteiger partial charge in [0.15, 0.2) is 0 Å². The molecule has 1 unspecified atom stereocenters. The molecule has 0 fully saturated rings. The molecule has 2 aromatic rings.